The van der Waals surface area contributed by atoms with E-state index in [0.717, 1.165) is 29.5 Å². The molecule has 1 atom stereocenters. The van der Waals surface area contributed by atoms with Crippen LogP contribution in [-0.4, -0.2) is 41.0 Å². The molecule has 0 unspecified atom stereocenters. The highest BCUT2D eigenvalue weighted by Crippen LogP contribution is 2.25. The molecule has 2 aromatic carbocycles. The second-order valence-corrected chi connectivity index (χ2v) is 9.86. The summed E-state index contributed by atoms with van der Waals surface area (Å²) in [5.41, 5.74) is 4.47. The molecule has 2 heterocycles. The van der Waals surface area contributed by atoms with E-state index in [1.807, 2.05) is 13.8 Å². The number of sulfonamides is 1. The summed E-state index contributed by atoms with van der Waals surface area (Å²) in [6.07, 6.45) is 1.95. The van der Waals surface area contributed by atoms with Gasteiger partial charge in [0.05, 0.1) is 4.90 Å². The van der Waals surface area contributed by atoms with Gasteiger partial charge in [0.2, 0.25) is 10.0 Å². The zero-order valence-electron chi connectivity index (χ0n) is 17.0. The first-order valence-electron chi connectivity index (χ1n) is 9.89. The summed E-state index contributed by atoms with van der Waals surface area (Å²) >= 11 is 0. The van der Waals surface area contributed by atoms with Crippen LogP contribution in [-0.2, 0) is 16.6 Å². The number of fused-ring (bicyclic) bond motifs is 1. The number of benzene rings is 2. The number of rotatable bonds is 5. The zero-order valence-corrected chi connectivity index (χ0v) is 17.8. The fourth-order valence-electron chi connectivity index (χ4n) is 3.73. The van der Waals surface area contributed by atoms with Crippen LogP contribution in [0.2, 0.25) is 0 Å². The molecule has 0 spiro atoms. The van der Waals surface area contributed by atoms with Crippen LogP contribution in [0.15, 0.2) is 41.3 Å². The molecule has 1 aromatic heterocycles. The average molecular weight is 415 g/mol. The first-order valence-corrected chi connectivity index (χ1v) is 11.3. The predicted molar refractivity (Wildman–Crippen MR) is 111 cm³/mol. The maximum Gasteiger partial charge on any atom is 0.243 e. The van der Waals surface area contributed by atoms with E-state index in [4.69, 9.17) is 4.84 Å². The van der Waals surface area contributed by atoms with Gasteiger partial charge >= 0.3 is 0 Å². The summed E-state index contributed by atoms with van der Waals surface area (Å²) < 4.78 is 27.8. The monoisotopic (exact) mass is 414 g/mol. The Hall–Kier alpha value is -2.45. The second kappa shape index (κ2) is 7.76. The van der Waals surface area contributed by atoms with Crippen LogP contribution in [0.3, 0.4) is 0 Å². The van der Waals surface area contributed by atoms with E-state index in [2.05, 4.69) is 35.4 Å². The molecular formula is C21H26N4O3S. The predicted octanol–water partition coefficient (Wildman–Crippen LogP) is 3.10. The van der Waals surface area contributed by atoms with Crippen molar-refractivity contribution in [2.45, 2.75) is 45.1 Å². The summed E-state index contributed by atoms with van der Waals surface area (Å²) in [5, 5.41) is 8.14. The third kappa shape index (κ3) is 4.00. The van der Waals surface area contributed by atoms with Crippen LogP contribution in [0.25, 0.3) is 11.0 Å². The van der Waals surface area contributed by atoms with Crippen LogP contribution in [0, 0.1) is 19.8 Å². The maximum atomic E-state index is 13.1. The van der Waals surface area contributed by atoms with Crippen molar-refractivity contribution in [2.24, 2.45) is 5.92 Å². The smallest absolute Gasteiger partial charge is 0.243 e. The Morgan fingerprint density at radius 3 is 2.79 bits per heavy atom. The van der Waals surface area contributed by atoms with E-state index in [1.54, 1.807) is 22.5 Å². The Bertz CT molecular complexity index is 1140. The summed E-state index contributed by atoms with van der Waals surface area (Å²) in [5.74, 6) is 0.371. The van der Waals surface area contributed by atoms with Gasteiger partial charge in [-0.3, -0.25) is 0 Å². The molecule has 1 aliphatic heterocycles. The number of hydrogen-bond acceptors (Lipinski definition) is 5. The molecule has 3 aromatic rings. The highest BCUT2D eigenvalue weighted by atomic mass is 32.2. The SMILES string of the molecule is Cc1ccc(C)c(COn2nnc3ccc(S(=O)(=O)N4CCC[C@@H](C)C4)cc32)c1. The van der Waals surface area contributed by atoms with Crippen molar-refractivity contribution in [1.29, 1.82) is 0 Å². The molecule has 29 heavy (non-hydrogen) atoms. The third-order valence-corrected chi connectivity index (χ3v) is 7.35. The minimum atomic E-state index is -3.55. The number of nitrogens with zero attached hydrogens (tertiary/aromatic N) is 4. The normalized spacial score (nSPS) is 18.2. The van der Waals surface area contributed by atoms with Crippen molar-refractivity contribution in [3.8, 4) is 0 Å². The summed E-state index contributed by atoms with van der Waals surface area (Å²) in [6.45, 7) is 7.60. The fraction of sp³-hybridized carbons (Fsp3) is 0.429. The topological polar surface area (TPSA) is 77.3 Å². The van der Waals surface area contributed by atoms with Crippen molar-refractivity contribution in [3.63, 3.8) is 0 Å². The minimum Gasteiger partial charge on any atom is -0.390 e. The van der Waals surface area contributed by atoms with Gasteiger partial charge in [0, 0.05) is 13.1 Å². The number of piperidine rings is 1. The van der Waals surface area contributed by atoms with Gasteiger partial charge in [0.1, 0.15) is 17.6 Å². The largest absolute Gasteiger partial charge is 0.390 e. The number of hydrogen-bond donors (Lipinski definition) is 0. The fourth-order valence-corrected chi connectivity index (χ4v) is 5.35. The molecular weight excluding hydrogens is 388 g/mol. The molecule has 0 saturated carbocycles. The molecule has 7 nitrogen and oxygen atoms in total. The van der Waals surface area contributed by atoms with Crippen LogP contribution in [0.1, 0.15) is 36.5 Å². The molecule has 0 bridgehead atoms. The van der Waals surface area contributed by atoms with E-state index in [-0.39, 0.29) is 4.90 Å². The van der Waals surface area contributed by atoms with Gasteiger partial charge in [-0.2, -0.15) is 4.31 Å². The summed E-state index contributed by atoms with van der Waals surface area (Å²) in [4.78, 5) is 7.41. The Balaban J connectivity index is 1.61. The Labute approximate surface area is 171 Å². The van der Waals surface area contributed by atoms with Gasteiger partial charge in [-0.15, -0.1) is 5.10 Å². The van der Waals surface area contributed by atoms with Gasteiger partial charge in [-0.1, -0.05) is 35.5 Å². The van der Waals surface area contributed by atoms with Crippen molar-refractivity contribution >= 4 is 21.1 Å². The van der Waals surface area contributed by atoms with E-state index in [1.165, 1.54) is 4.85 Å². The lowest BCUT2D eigenvalue weighted by atomic mass is 10.0. The van der Waals surface area contributed by atoms with Crippen molar-refractivity contribution in [2.75, 3.05) is 13.1 Å². The highest BCUT2D eigenvalue weighted by molar-refractivity contribution is 7.89. The second-order valence-electron chi connectivity index (χ2n) is 7.93. The standard InChI is InChI=1S/C21H26N4O3S/c1-15-6-7-17(3)18(11-15)14-28-25-21-12-19(8-9-20(21)22-23-25)29(26,27)24-10-4-5-16(2)13-24/h6-9,11-12,16H,4-5,10,13-14H2,1-3H3/t16-/m1/s1. The van der Waals surface area contributed by atoms with E-state index >= 15 is 0 Å². The van der Waals surface area contributed by atoms with Crippen molar-refractivity contribution in [3.05, 3.63) is 53.1 Å². The highest BCUT2D eigenvalue weighted by Gasteiger charge is 2.29. The Kier molecular flexibility index (Phi) is 5.31. The van der Waals surface area contributed by atoms with E-state index < -0.39 is 10.0 Å². The molecule has 154 valence electrons. The zero-order chi connectivity index (χ0) is 20.6. The maximum absolute atomic E-state index is 13.1. The van der Waals surface area contributed by atoms with Gasteiger partial charge < -0.3 is 4.84 Å². The molecule has 1 aliphatic rings. The van der Waals surface area contributed by atoms with Crippen LogP contribution >= 0.6 is 0 Å². The van der Waals surface area contributed by atoms with Crippen LogP contribution < -0.4 is 4.84 Å². The minimum absolute atomic E-state index is 0.248. The Morgan fingerprint density at radius 1 is 1.17 bits per heavy atom. The summed E-state index contributed by atoms with van der Waals surface area (Å²) in [6, 6.07) is 11.1. The van der Waals surface area contributed by atoms with Crippen LogP contribution in [0.5, 0.6) is 0 Å². The van der Waals surface area contributed by atoms with Gasteiger partial charge in [0.25, 0.3) is 0 Å². The number of aromatic nitrogens is 3. The average Bonchev–Trinajstić information content (AvgIpc) is 3.11. The van der Waals surface area contributed by atoms with Gasteiger partial charge in [-0.05, 0) is 67.1 Å². The van der Waals surface area contributed by atoms with E-state index in [0.29, 0.717) is 36.6 Å². The van der Waals surface area contributed by atoms with Gasteiger partial charge in [0.15, 0.2) is 0 Å². The number of aryl methyl sites for hydroxylation is 2. The molecule has 1 saturated heterocycles. The first kappa shape index (κ1) is 19.8. The Morgan fingerprint density at radius 2 is 2.00 bits per heavy atom. The summed E-state index contributed by atoms with van der Waals surface area (Å²) in [7, 11) is -3.55. The molecule has 0 amide bonds. The molecule has 4 rings (SSSR count). The molecule has 8 heteroatoms. The molecule has 1 fully saturated rings. The lowest BCUT2D eigenvalue weighted by molar-refractivity contribution is 0.0748. The lowest BCUT2D eigenvalue weighted by Gasteiger charge is -2.30. The van der Waals surface area contributed by atoms with Crippen molar-refractivity contribution in [1.82, 2.24) is 19.5 Å². The van der Waals surface area contributed by atoms with E-state index in [9.17, 15) is 8.42 Å². The van der Waals surface area contributed by atoms with Crippen molar-refractivity contribution < 1.29 is 13.3 Å². The first-order chi connectivity index (χ1) is 13.8. The van der Waals surface area contributed by atoms with Crippen LogP contribution in [0.4, 0.5) is 0 Å². The molecule has 0 aliphatic carbocycles. The quantitative estimate of drug-likeness (QED) is 0.641. The molecule has 0 radical (unpaired) electrons. The lowest BCUT2D eigenvalue weighted by Crippen LogP contribution is -2.39. The third-order valence-electron chi connectivity index (χ3n) is 5.49. The molecule has 0 N–H and O–H groups in total. The van der Waals surface area contributed by atoms with Gasteiger partial charge in [-0.25, -0.2) is 8.42 Å².